The van der Waals surface area contributed by atoms with E-state index >= 15 is 0 Å². The van der Waals surface area contributed by atoms with E-state index in [9.17, 15) is 0 Å². The molecule has 0 bridgehead atoms. The minimum absolute atomic E-state index is 0.716. The van der Waals surface area contributed by atoms with Gasteiger partial charge in [-0.25, -0.2) is 0 Å². The lowest BCUT2D eigenvalue weighted by molar-refractivity contribution is 0.438. The Kier molecular flexibility index (Phi) is 2.36. The van der Waals surface area contributed by atoms with Crippen LogP contribution in [0.4, 0.5) is 0 Å². The fourth-order valence-electron chi connectivity index (χ4n) is 2.24. The quantitative estimate of drug-likeness (QED) is 0.702. The van der Waals surface area contributed by atoms with Gasteiger partial charge in [0, 0.05) is 18.7 Å². The fraction of sp³-hybridized carbons (Fsp3) is 0.700. The number of aryl methyl sites for hydroxylation is 2. The van der Waals surface area contributed by atoms with Crippen LogP contribution in [0.5, 0.6) is 0 Å². The molecule has 3 nitrogen and oxygen atoms in total. The zero-order valence-electron chi connectivity index (χ0n) is 8.38. The standard InChI is InChI=1S/C10H17N3/c1-8-7-12-13(2)10(8)9-3-5-11-6-4-9/h7,9,11H,3-6H2,1-2H3. The first kappa shape index (κ1) is 8.75. The highest BCUT2D eigenvalue weighted by molar-refractivity contribution is 5.20. The summed E-state index contributed by atoms with van der Waals surface area (Å²) in [6, 6.07) is 0. The van der Waals surface area contributed by atoms with E-state index < -0.39 is 0 Å². The molecule has 1 aromatic rings. The Bertz CT molecular complexity index is 265. The number of rotatable bonds is 1. The topological polar surface area (TPSA) is 29.9 Å². The lowest BCUT2D eigenvalue weighted by Gasteiger charge is -2.23. The summed E-state index contributed by atoms with van der Waals surface area (Å²) in [4.78, 5) is 0. The molecule has 0 saturated carbocycles. The van der Waals surface area contributed by atoms with Gasteiger partial charge >= 0.3 is 0 Å². The average molecular weight is 179 g/mol. The van der Waals surface area contributed by atoms with Crippen LogP contribution in [-0.2, 0) is 7.05 Å². The molecule has 0 aromatic carbocycles. The summed E-state index contributed by atoms with van der Waals surface area (Å²) < 4.78 is 2.03. The van der Waals surface area contributed by atoms with Crippen molar-refractivity contribution in [1.29, 1.82) is 0 Å². The molecule has 1 fully saturated rings. The van der Waals surface area contributed by atoms with Crippen LogP contribution in [0.3, 0.4) is 0 Å². The van der Waals surface area contributed by atoms with E-state index in [0.29, 0.717) is 5.92 Å². The van der Waals surface area contributed by atoms with Crippen molar-refractivity contribution in [3.05, 3.63) is 17.5 Å². The second kappa shape index (κ2) is 3.50. The molecule has 0 unspecified atom stereocenters. The largest absolute Gasteiger partial charge is 0.317 e. The van der Waals surface area contributed by atoms with Gasteiger partial charge in [0.1, 0.15) is 0 Å². The SMILES string of the molecule is Cc1cnn(C)c1C1CCNCC1. The molecule has 0 radical (unpaired) electrons. The molecular weight excluding hydrogens is 162 g/mol. The van der Waals surface area contributed by atoms with Crippen LogP contribution in [-0.4, -0.2) is 22.9 Å². The predicted molar refractivity (Wildman–Crippen MR) is 52.8 cm³/mol. The Hall–Kier alpha value is -0.830. The molecule has 1 aromatic heterocycles. The van der Waals surface area contributed by atoms with Crippen molar-refractivity contribution in [3.63, 3.8) is 0 Å². The first-order valence-electron chi connectivity index (χ1n) is 4.98. The van der Waals surface area contributed by atoms with Gasteiger partial charge in [-0.1, -0.05) is 0 Å². The van der Waals surface area contributed by atoms with Crippen LogP contribution in [0.1, 0.15) is 30.0 Å². The third-order valence-corrected chi connectivity index (χ3v) is 2.90. The van der Waals surface area contributed by atoms with Crippen molar-refractivity contribution in [1.82, 2.24) is 15.1 Å². The summed E-state index contributed by atoms with van der Waals surface area (Å²) in [7, 11) is 2.05. The van der Waals surface area contributed by atoms with E-state index in [0.717, 1.165) is 13.1 Å². The van der Waals surface area contributed by atoms with Crippen LogP contribution < -0.4 is 5.32 Å². The van der Waals surface area contributed by atoms with Gasteiger partial charge in [0.15, 0.2) is 0 Å². The van der Waals surface area contributed by atoms with Gasteiger partial charge in [-0.15, -0.1) is 0 Å². The minimum atomic E-state index is 0.716. The summed E-state index contributed by atoms with van der Waals surface area (Å²) in [6.07, 6.45) is 4.47. The van der Waals surface area contributed by atoms with Gasteiger partial charge in [-0.05, 0) is 38.4 Å². The maximum atomic E-state index is 4.29. The van der Waals surface area contributed by atoms with Crippen molar-refractivity contribution in [2.24, 2.45) is 7.05 Å². The van der Waals surface area contributed by atoms with Gasteiger partial charge in [0.05, 0.1) is 6.20 Å². The van der Waals surface area contributed by atoms with Crippen molar-refractivity contribution in [2.45, 2.75) is 25.7 Å². The molecule has 72 valence electrons. The van der Waals surface area contributed by atoms with E-state index in [1.54, 1.807) is 0 Å². The second-order valence-corrected chi connectivity index (χ2v) is 3.86. The molecule has 2 heterocycles. The van der Waals surface area contributed by atoms with Crippen molar-refractivity contribution in [3.8, 4) is 0 Å². The molecule has 0 atom stereocenters. The minimum Gasteiger partial charge on any atom is -0.317 e. The van der Waals surface area contributed by atoms with Crippen LogP contribution in [0.25, 0.3) is 0 Å². The van der Waals surface area contributed by atoms with E-state index in [-0.39, 0.29) is 0 Å². The first-order valence-corrected chi connectivity index (χ1v) is 4.98. The highest BCUT2D eigenvalue weighted by Crippen LogP contribution is 2.26. The number of nitrogens with one attached hydrogen (secondary N) is 1. The third kappa shape index (κ3) is 1.61. The summed E-state index contributed by atoms with van der Waals surface area (Å²) in [5.41, 5.74) is 2.77. The van der Waals surface area contributed by atoms with E-state index in [1.807, 2.05) is 17.9 Å². The Morgan fingerprint density at radius 3 is 2.69 bits per heavy atom. The number of aromatic nitrogens is 2. The lowest BCUT2D eigenvalue weighted by atomic mass is 9.92. The third-order valence-electron chi connectivity index (χ3n) is 2.90. The molecule has 0 aliphatic carbocycles. The van der Waals surface area contributed by atoms with Gasteiger partial charge < -0.3 is 5.32 Å². The molecular formula is C10H17N3. The number of nitrogens with zero attached hydrogens (tertiary/aromatic N) is 2. The van der Waals surface area contributed by atoms with Gasteiger partial charge in [0.2, 0.25) is 0 Å². The zero-order chi connectivity index (χ0) is 9.26. The fourth-order valence-corrected chi connectivity index (χ4v) is 2.24. The van der Waals surface area contributed by atoms with Crippen LogP contribution in [0, 0.1) is 6.92 Å². The van der Waals surface area contributed by atoms with E-state index in [4.69, 9.17) is 0 Å². The smallest absolute Gasteiger partial charge is 0.0521 e. The Morgan fingerprint density at radius 2 is 2.15 bits per heavy atom. The monoisotopic (exact) mass is 179 g/mol. The van der Waals surface area contributed by atoms with Gasteiger partial charge in [-0.3, -0.25) is 4.68 Å². The summed E-state index contributed by atoms with van der Waals surface area (Å²) in [5.74, 6) is 0.716. The van der Waals surface area contributed by atoms with Crippen molar-refractivity contribution in [2.75, 3.05) is 13.1 Å². The van der Waals surface area contributed by atoms with Crippen LogP contribution in [0.15, 0.2) is 6.20 Å². The normalized spacial score (nSPS) is 19.2. The number of hydrogen-bond acceptors (Lipinski definition) is 2. The highest BCUT2D eigenvalue weighted by Gasteiger charge is 2.19. The molecule has 1 saturated heterocycles. The maximum absolute atomic E-state index is 4.29. The Morgan fingerprint density at radius 1 is 1.46 bits per heavy atom. The molecule has 0 amide bonds. The van der Waals surface area contributed by atoms with Crippen molar-refractivity contribution >= 4 is 0 Å². The molecule has 2 rings (SSSR count). The average Bonchev–Trinajstić information content (AvgIpc) is 2.48. The number of hydrogen-bond donors (Lipinski definition) is 1. The lowest BCUT2D eigenvalue weighted by Crippen LogP contribution is -2.27. The van der Waals surface area contributed by atoms with E-state index in [2.05, 4.69) is 17.3 Å². The zero-order valence-corrected chi connectivity index (χ0v) is 8.38. The van der Waals surface area contributed by atoms with Crippen molar-refractivity contribution < 1.29 is 0 Å². The molecule has 13 heavy (non-hydrogen) atoms. The predicted octanol–water partition coefficient (Wildman–Crippen LogP) is 1.20. The second-order valence-electron chi connectivity index (χ2n) is 3.86. The molecule has 1 N–H and O–H groups in total. The van der Waals surface area contributed by atoms with E-state index in [1.165, 1.54) is 24.1 Å². The molecule has 0 spiro atoms. The molecule has 1 aliphatic rings. The molecule has 3 heteroatoms. The summed E-state index contributed by atoms with van der Waals surface area (Å²) >= 11 is 0. The van der Waals surface area contributed by atoms with Crippen LogP contribution in [0.2, 0.25) is 0 Å². The summed E-state index contributed by atoms with van der Waals surface area (Å²) in [6.45, 7) is 4.45. The highest BCUT2D eigenvalue weighted by atomic mass is 15.3. The Labute approximate surface area is 79.1 Å². The number of piperidine rings is 1. The maximum Gasteiger partial charge on any atom is 0.0521 e. The van der Waals surface area contributed by atoms with Crippen LogP contribution >= 0.6 is 0 Å². The van der Waals surface area contributed by atoms with Gasteiger partial charge in [-0.2, -0.15) is 5.10 Å². The van der Waals surface area contributed by atoms with Gasteiger partial charge in [0.25, 0.3) is 0 Å². The first-order chi connectivity index (χ1) is 6.29. The summed E-state index contributed by atoms with van der Waals surface area (Å²) in [5, 5.41) is 7.67. The molecule has 1 aliphatic heterocycles. The Balaban J connectivity index is 2.22.